The van der Waals surface area contributed by atoms with E-state index in [1.807, 2.05) is 13.8 Å². The van der Waals surface area contributed by atoms with Gasteiger partial charge in [-0.15, -0.1) is 0 Å². The van der Waals surface area contributed by atoms with E-state index in [0.29, 0.717) is 21.4 Å². The Kier molecular flexibility index (Phi) is 6.78. The number of rotatable bonds is 6. The molecule has 0 heterocycles. The summed E-state index contributed by atoms with van der Waals surface area (Å²) in [6.45, 7) is 5.43. The third kappa shape index (κ3) is 5.15. The number of aryl methyl sites for hydroxylation is 2. The maximum absolute atomic E-state index is 12.9. The molecule has 2 aromatic carbocycles. The Morgan fingerprint density at radius 1 is 1.07 bits per heavy atom. The quantitative estimate of drug-likeness (QED) is 0.718. The molecule has 146 valence electrons. The predicted molar refractivity (Wildman–Crippen MR) is 112 cm³/mol. The third-order valence-corrected chi connectivity index (χ3v) is 6.17. The first-order valence-corrected chi connectivity index (χ1v) is 11.0. The molecule has 1 amide bonds. The van der Waals surface area contributed by atoms with Gasteiger partial charge in [-0.2, -0.15) is 0 Å². The number of halogens is 2. The van der Waals surface area contributed by atoms with Crippen LogP contribution in [0.2, 0.25) is 10.0 Å². The number of nitrogens with zero attached hydrogens (tertiary/aromatic N) is 1. The number of sulfonamides is 1. The molecule has 0 aromatic heterocycles. The van der Waals surface area contributed by atoms with Crippen molar-refractivity contribution in [2.45, 2.75) is 33.2 Å². The maximum Gasteiger partial charge on any atom is 0.248 e. The number of hydrogen-bond acceptors (Lipinski definition) is 3. The van der Waals surface area contributed by atoms with Gasteiger partial charge in [0, 0.05) is 15.7 Å². The standard InChI is InChI=1S/C19H22Cl2N2O3S/c1-5-18(19(24)22-14-8-6-12(2)16(20)10-14)23(27(4,25)26)15-9-7-13(3)17(21)11-15/h6-11,18H,5H2,1-4H3,(H,22,24)/t18-/m1/s1. The van der Waals surface area contributed by atoms with Crippen molar-refractivity contribution in [3.63, 3.8) is 0 Å². The minimum absolute atomic E-state index is 0.282. The molecule has 1 atom stereocenters. The van der Waals surface area contributed by atoms with Gasteiger partial charge < -0.3 is 5.32 Å². The lowest BCUT2D eigenvalue weighted by Gasteiger charge is -2.30. The van der Waals surface area contributed by atoms with Crippen LogP contribution in [0.25, 0.3) is 0 Å². The number of carbonyl (C=O) groups excluding carboxylic acids is 1. The first kappa shape index (κ1) is 21.5. The van der Waals surface area contributed by atoms with E-state index < -0.39 is 22.0 Å². The smallest absolute Gasteiger partial charge is 0.248 e. The average Bonchev–Trinajstić information content (AvgIpc) is 2.57. The van der Waals surface area contributed by atoms with Crippen LogP contribution in [-0.4, -0.2) is 26.6 Å². The summed E-state index contributed by atoms with van der Waals surface area (Å²) in [5.74, 6) is -0.445. The molecular formula is C19H22Cl2N2O3S. The molecule has 0 saturated carbocycles. The van der Waals surface area contributed by atoms with Gasteiger partial charge in [-0.1, -0.05) is 42.3 Å². The third-order valence-electron chi connectivity index (χ3n) is 4.18. The van der Waals surface area contributed by atoms with Crippen molar-refractivity contribution in [1.82, 2.24) is 0 Å². The average molecular weight is 429 g/mol. The lowest BCUT2D eigenvalue weighted by atomic mass is 10.1. The highest BCUT2D eigenvalue weighted by Crippen LogP contribution is 2.28. The molecule has 8 heteroatoms. The van der Waals surface area contributed by atoms with Gasteiger partial charge in [0.2, 0.25) is 15.9 Å². The van der Waals surface area contributed by atoms with E-state index in [-0.39, 0.29) is 6.42 Å². The Labute approximate surface area is 170 Å². The lowest BCUT2D eigenvalue weighted by molar-refractivity contribution is -0.117. The van der Waals surface area contributed by atoms with Crippen molar-refractivity contribution in [3.05, 3.63) is 57.6 Å². The summed E-state index contributed by atoms with van der Waals surface area (Å²) in [6, 6.07) is 9.12. The van der Waals surface area contributed by atoms with E-state index in [1.165, 1.54) is 0 Å². The van der Waals surface area contributed by atoms with E-state index in [4.69, 9.17) is 23.2 Å². The van der Waals surface area contributed by atoms with Gasteiger partial charge in [0.05, 0.1) is 11.9 Å². The molecule has 0 aliphatic carbocycles. The summed E-state index contributed by atoms with van der Waals surface area (Å²) in [4.78, 5) is 12.9. The van der Waals surface area contributed by atoms with Crippen molar-refractivity contribution in [1.29, 1.82) is 0 Å². The number of anilines is 2. The van der Waals surface area contributed by atoms with E-state index >= 15 is 0 Å². The molecule has 0 spiro atoms. The monoisotopic (exact) mass is 428 g/mol. The molecule has 0 unspecified atom stereocenters. The topological polar surface area (TPSA) is 66.5 Å². The molecule has 2 aromatic rings. The molecule has 0 aliphatic heterocycles. The van der Waals surface area contributed by atoms with Crippen LogP contribution in [0.4, 0.5) is 11.4 Å². The van der Waals surface area contributed by atoms with Crippen LogP contribution in [0, 0.1) is 13.8 Å². The van der Waals surface area contributed by atoms with Gasteiger partial charge in [-0.25, -0.2) is 8.42 Å². The number of amides is 1. The van der Waals surface area contributed by atoms with Crippen LogP contribution in [0.1, 0.15) is 24.5 Å². The van der Waals surface area contributed by atoms with Gasteiger partial charge in [0.1, 0.15) is 6.04 Å². The van der Waals surface area contributed by atoms with E-state index in [0.717, 1.165) is 21.7 Å². The van der Waals surface area contributed by atoms with Gasteiger partial charge in [-0.3, -0.25) is 9.10 Å². The highest BCUT2D eigenvalue weighted by atomic mass is 35.5. The first-order valence-electron chi connectivity index (χ1n) is 8.37. The van der Waals surface area contributed by atoms with Crippen LogP contribution in [0.5, 0.6) is 0 Å². The minimum atomic E-state index is -3.72. The van der Waals surface area contributed by atoms with Crippen LogP contribution in [0.3, 0.4) is 0 Å². The number of hydrogen-bond donors (Lipinski definition) is 1. The number of nitrogens with one attached hydrogen (secondary N) is 1. The Balaban J connectivity index is 2.40. The van der Waals surface area contributed by atoms with Gasteiger partial charge >= 0.3 is 0 Å². The van der Waals surface area contributed by atoms with Crippen LogP contribution < -0.4 is 9.62 Å². The second-order valence-electron chi connectivity index (χ2n) is 6.37. The number of carbonyl (C=O) groups is 1. The molecule has 0 aliphatic rings. The molecule has 0 saturated heterocycles. The van der Waals surface area contributed by atoms with E-state index in [9.17, 15) is 13.2 Å². The second kappa shape index (κ2) is 8.50. The van der Waals surface area contributed by atoms with Crippen molar-refractivity contribution in [2.75, 3.05) is 15.9 Å². The van der Waals surface area contributed by atoms with Crippen molar-refractivity contribution < 1.29 is 13.2 Å². The molecule has 0 bridgehead atoms. The summed E-state index contributed by atoms with van der Waals surface area (Å²) in [7, 11) is -3.72. The molecule has 0 radical (unpaired) electrons. The van der Waals surface area contributed by atoms with Crippen molar-refractivity contribution >= 4 is 50.5 Å². The number of benzene rings is 2. The van der Waals surface area contributed by atoms with Crippen LogP contribution >= 0.6 is 23.2 Å². The Bertz CT molecular complexity index is 961. The lowest BCUT2D eigenvalue weighted by Crippen LogP contribution is -2.47. The van der Waals surface area contributed by atoms with Crippen LogP contribution in [0.15, 0.2) is 36.4 Å². The minimum Gasteiger partial charge on any atom is -0.324 e. The fraction of sp³-hybridized carbons (Fsp3) is 0.316. The summed E-state index contributed by atoms with van der Waals surface area (Å²) in [6.07, 6.45) is 1.35. The fourth-order valence-corrected chi connectivity index (χ4v) is 4.23. The molecule has 1 N–H and O–H groups in total. The van der Waals surface area contributed by atoms with Gasteiger partial charge in [-0.05, 0) is 55.7 Å². The van der Waals surface area contributed by atoms with E-state index in [1.54, 1.807) is 43.3 Å². The van der Waals surface area contributed by atoms with Crippen molar-refractivity contribution in [3.8, 4) is 0 Å². The summed E-state index contributed by atoms with van der Waals surface area (Å²) >= 11 is 12.3. The summed E-state index contributed by atoms with van der Waals surface area (Å²) in [5, 5.41) is 3.70. The Hall–Kier alpha value is -1.76. The SMILES string of the molecule is CC[C@H](C(=O)Nc1ccc(C)c(Cl)c1)N(c1ccc(C)c(Cl)c1)S(C)(=O)=O. The summed E-state index contributed by atoms with van der Waals surface area (Å²) < 4.78 is 26.0. The van der Waals surface area contributed by atoms with E-state index in [2.05, 4.69) is 5.32 Å². The molecule has 0 fully saturated rings. The molecule has 5 nitrogen and oxygen atoms in total. The first-order chi connectivity index (χ1) is 12.5. The zero-order valence-corrected chi connectivity index (χ0v) is 17.9. The van der Waals surface area contributed by atoms with Gasteiger partial charge in [0.15, 0.2) is 0 Å². The molecule has 27 heavy (non-hydrogen) atoms. The largest absolute Gasteiger partial charge is 0.324 e. The fourth-order valence-electron chi connectivity index (χ4n) is 2.68. The van der Waals surface area contributed by atoms with Crippen molar-refractivity contribution in [2.24, 2.45) is 0 Å². The van der Waals surface area contributed by atoms with Gasteiger partial charge in [0.25, 0.3) is 0 Å². The summed E-state index contributed by atoms with van der Waals surface area (Å²) in [5.41, 5.74) is 2.55. The zero-order chi connectivity index (χ0) is 20.4. The maximum atomic E-state index is 12.9. The molecular weight excluding hydrogens is 407 g/mol. The normalized spacial score (nSPS) is 12.5. The van der Waals surface area contributed by atoms with Crippen LogP contribution in [-0.2, 0) is 14.8 Å². The Morgan fingerprint density at radius 3 is 2.11 bits per heavy atom. The highest BCUT2D eigenvalue weighted by molar-refractivity contribution is 7.92. The predicted octanol–water partition coefficient (Wildman–Crippen LogP) is 4.79. The highest BCUT2D eigenvalue weighted by Gasteiger charge is 2.31. The molecule has 2 rings (SSSR count). The Morgan fingerprint density at radius 2 is 1.63 bits per heavy atom. The second-order valence-corrected chi connectivity index (χ2v) is 9.04. The zero-order valence-electron chi connectivity index (χ0n) is 15.6.